The summed E-state index contributed by atoms with van der Waals surface area (Å²) >= 11 is 6.02. The van der Waals surface area contributed by atoms with E-state index in [0.717, 1.165) is 24.8 Å². The van der Waals surface area contributed by atoms with E-state index in [9.17, 15) is 19.2 Å². The molecule has 1 saturated carbocycles. The minimum atomic E-state index is -1.01. The van der Waals surface area contributed by atoms with Crippen LogP contribution in [0.2, 0.25) is 5.02 Å². The lowest BCUT2D eigenvalue weighted by Gasteiger charge is -2.36. The number of ketones is 1. The van der Waals surface area contributed by atoms with E-state index in [4.69, 9.17) is 20.9 Å². The number of aryl methyl sites for hydroxylation is 2. The molecule has 280 valence electrons. The maximum atomic E-state index is 14.4. The fraction of sp³-hybridized carbons (Fsp3) is 0.553. The highest BCUT2D eigenvalue weighted by Crippen LogP contribution is 2.32. The van der Waals surface area contributed by atoms with E-state index in [1.807, 2.05) is 71.9 Å². The Morgan fingerprint density at radius 1 is 1.00 bits per heavy atom. The van der Waals surface area contributed by atoms with Crippen molar-refractivity contribution in [3.8, 4) is 5.88 Å². The standard InChI is InChI=1S/C38H50ClN7O6/c1-37(2,3)32(43-36(50)44-38(4,5)6)35(49)46-22-26(51-29-18-16-25(39)21-40-29)20-28(46)34(48)41-27(19-24-13-10-14-24)31(47)33-42-30(52-45-33)17-15-23-11-8-7-9-12-23/h7-9,11-12,16,18,21,24,26-28,32H,10,13-15,17,19-20,22H2,1-6H3,(H,41,48)(H2,43,44,50)/t26-,27?,28+,32-/m1/s1. The van der Waals surface area contributed by atoms with Gasteiger partial charge in [-0.05, 0) is 56.6 Å². The van der Waals surface area contributed by atoms with Gasteiger partial charge in [0.25, 0.3) is 0 Å². The lowest BCUT2D eigenvalue weighted by atomic mass is 9.80. The zero-order valence-corrected chi connectivity index (χ0v) is 31.5. The van der Waals surface area contributed by atoms with Gasteiger partial charge in [0.2, 0.25) is 35.2 Å². The minimum absolute atomic E-state index is 0.0488. The Morgan fingerprint density at radius 3 is 2.35 bits per heavy atom. The second-order valence-electron chi connectivity index (χ2n) is 15.9. The predicted molar refractivity (Wildman–Crippen MR) is 195 cm³/mol. The zero-order valence-electron chi connectivity index (χ0n) is 30.8. The molecule has 3 N–H and O–H groups in total. The van der Waals surface area contributed by atoms with Gasteiger partial charge in [0.05, 0.1) is 17.6 Å². The highest BCUT2D eigenvalue weighted by molar-refractivity contribution is 6.30. The van der Waals surface area contributed by atoms with Crippen molar-refractivity contribution in [3.05, 3.63) is 71.0 Å². The summed E-state index contributed by atoms with van der Waals surface area (Å²) in [6, 6.07) is 9.69. The number of likely N-dealkylation sites (tertiary alicyclic amines) is 1. The Bertz CT molecular complexity index is 1700. The van der Waals surface area contributed by atoms with Crippen molar-refractivity contribution in [1.29, 1.82) is 0 Å². The molecule has 2 aromatic heterocycles. The van der Waals surface area contributed by atoms with Crippen molar-refractivity contribution in [2.75, 3.05) is 6.54 Å². The molecule has 4 amide bonds. The third-order valence-electron chi connectivity index (χ3n) is 9.30. The number of aromatic nitrogens is 3. The van der Waals surface area contributed by atoms with Gasteiger partial charge in [0, 0.05) is 30.6 Å². The molecule has 3 aromatic rings. The summed E-state index contributed by atoms with van der Waals surface area (Å²) in [4.78, 5) is 65.6. The molecule has 1 unspecified atom stereocenters. The number of pyridine rings is 1. The summed E-state index contributed by atoms with van der Waals surface area (Å²) in [6.45, 7) is 11.1. The fourth-order valence-electron chi connectivity index (χ4n) is 6.37. The molecule has 3 heterocycles. The molecule has 13 nitrogen and oxygen atoms in total. The lowest BCUT2D eigenvalue weighted by Crippen LogP contribution is -2.61. The van der Waals surface area contributed by atoms with Crippen molar-refractivity contribution in [1.82, 2.24) is 36.0 Å². The third kappa shape index (κ3) is 10.5. The number of carbonyl (C=O) groups is 4. The van der Waals surface area contributed by atoms with E-state index < -0.39 is 58.8 Å². The quantitative estimate of drug-likeness (QED) is 0.197. The average molecular weight is 736 g/mol. The van der Waals surface area contributed by atoms with Crippen LogP contribution in [0.5, 0.6) is 5.88 Å². The summed E-state index contributed by atoms with van der Waals surface area (Å²) in [5.74, 6) is -0.628. The summed E-state index contributed by atoms with van der Waals surface area (Å²) in [5, 5.41) is 13.1. The number of halogens is 1. The molecule has 4 atom stereocenters. The van der Waals surface area contributed by atoms with Crippen LogP contribution in [0, 0.1) is 11.3 Å². The van der Waals surface area contributed by atoms with Gasteiger partial charge in [-0.3, -0.25) is 14.4 Å². The number of amides is 4. The normalized spacial score (nSPS) is 18.9. The maximum Gasteiger partial charge on any atom is 0.315 e. The molecule has 2 fully saturated rings. The van der Waals surface area contributed by atoms with Crippen LogP contribution in [0.3, 0.4) is 0 Å². The van der Waals surface area contributed by atoms with Crippen LogP contribution in [0.1, 0.15) is 95.7 Å². The van der Waals surface area contributed by atoms with Gasteiger partial charge >= 0.3 is 6.03 Å². The molecular weight excluding hydrogens is 686 g/mol. The Kier molecular flexibility index (Phi) is 12.2. The van der Waals surface area contributed by atoms with E-state index in [2.05, 4.69) is 31.1 Å². The van der Waals surface area contributed by atoms with Crippen LogP contribution in [-0.2, 0) is 22.4 Å². The first kappa shape index (κ1) is 38.7. The van der Waals surface area contributed by atoms with Gasteiger partial charge in [0.1, 0.15) is 18.2 Å². The van der Waals surface area contributed by atoms with E-state index in [0.29, 0.717) is 30.2 Å². The first-order valence-corrected chi connectivity index (χ1v) is 18.3. The SMILES string of the molecule is CC(C)(C)NC(=O)N[C@H](C(=O)N1C[C@H](Oc2ccc(Cl)cn2)C[C@H]1C(=O)NC(CC1CCC1)C(=O)c1noc(CCc2ccccc2)n1)C(C)(C)C. The predicted octanol–water partition coefficient (Wildman–Crippen LogP) is 5.32. The van der Waals surface area contributed by atoms with Crippen LogP contribution in [0.15, 0.2) is 53.2 Å². The Balaban J connectivity index is 1.36. The minimum Gasteiger partial charge on any atom is -0.472 e. The van der Waals surface area contributed by atoms with Crippen molar-refractivity contribution in [3.63, 3.8) is 0 Å². The van der Waals surface area contributed by atoms with Gasteiger partial charge in [-0.1, -0.05) is 87.1 Å². The second-order valence-corrected chi connectivity index (χ2v) is 16.3. The van der Waals surface area contributed by atoms with Crippen molar-refractivity contribution >= 4 is 35.2 Å². The largest absolute Gasteiger partial charge is 0.472 e. The van der Waals surface area contributed by atoms with Crippen molar-refractivity contribution in [2.24, 2.45) is 11.3 Å². The molecule has 52 heavy (non-hydrogen) atoms. The second kappa shape index (κ2) is 16.4. The number of hydrogen-bond acceptors (Lipinski definition) is 9. The number of urea groups is 1. The molecule has 0 spiro atoms. The molecule has 14 heteroatoms. The first-order valence-electron chi connectivity index (χ1n) is 17.9. The molecular formula is C38H50ClN7O6. The molecule has 0 bridgehead atoms. The van der Waals surface area contributed by atoms with Crippen molar-refractivity contribution in [2.45, 2.75) is 116 Å². The first-order chi connectivity index (χ1) is 24.6. The molecule has 5 rings (SSSR count). The number of ether oxygens (including phenoxy) is 1. The molecule has 1 saturated heterocycles. The Labute approximate surface area is 310 Å². The van der Waals surface area contributed by atoms with Crippen LogP contribution in [-0.4, -0.2) is 80.0 Å². The molecule has 1 aliphatic heterocycles. The number of hydrogen-bond donors (Lipinski definition) is 3. The Morgan fingerprint density at radius 2 is 1.73 bits per heavy atom. The van der Waals surface area contributed by atoms with Crippen LogP contribution < -0.4 is 20.7 Å². The highest BCUT2D eigenvalue weighted by atomic mass is 35.5. The summed E-state index contributed by atoms with van der Waals surface area (Å²) in [6.07, 6.45) is 5.46. The average Bonchev–Trinajstić information content (AvgIpc) is 3.71. The smallest absolute Gasteiger partial charge is 0.315 e. The van der Waals surface area contributed by atoms with Crippen LogP contribution in [0.25, 0.3) is 0 Å². The third-order valence-corrected chi connectivity index (χ3v) is 9.52. The number of Topliss-reactive ketones (excluding diaryl/α,β-unsaturated/α-hetero) is 1. The highest BCUT2D eigenvalue weighted by Gasteiger charge is 2.47. The maximum absolute atomic E-state index is 14.4. The van der Waals surface area contributed by atoms with Crippen LogP contribution in [0.4, 0.5) is 4.79 Å². The van der Waals surface area contributed by atoms with Gasteiger partial charge < -0.3 is 30.1 Å². The monoisotopic (exact) mass is 735 g/mol. The van der Waals surface area contributed by atoms with Gasteiger partial charge in [-0.15, -0.1) is 0 Å². The summed E-state index contributed by atoms with van der Waals surface area (Å²) in [7, 11) is 0. The lowest BCUT2D eigenvalue weighted by molar-refractivity contribution is -0.142. The van der Waals surface area contributed by atoms with Crippen molar-refractivity contribution < 1.29 is 28.4 Å². The van der Waals surface area contributed by atoms with E-state index in [1.54, 1.807) is 12.1 Å². The van der Waals surface area contributed by atoms with Crippen LogP contribution >= 0.6 is 11.6 Å². The fourth-order valence-corrected chi connectivity index (χ4v) is 6.48. The van der Waals surface area contributed by atoms with Gasteiger partial charge in [0.15, 0.2) is 0 Å². The number of nitrogens with one attached hydrogen (secondary N) is 3. The summed E-state index contributed by atoms with van der Waals surface area (Å²) in [5.41, 5.74) is -0.157. The Hall–Kier alpha value is -4.52. The summed E-state index contributed by atoms with van der Waals surface area (Å²) < 4.78 is 11.6. The zero-order chi connectivity index (χ0) is 37.6. The number of nitrogens with zero attached hydrogens (tertiary/aromatic N) is 4. The number of carbonyl (C=O) groups excluding carboxylic acids is 4. The topological polar surface area (TPSA) is 169 Å². The number of rotatable bonds is 13. The molecule has 1 aromatic carbocycles. The van der Waals surface area contributed by atoms with E-state index >= 15 is 0 Å². The molecule has 0 radical (unpaired) electrons. The molecule has 2 aliphatic rings. The van der Waals surface area contributed by atoms with Gasteiger partial charge in [-0.25, -0.2) is 9.78 Å². The number of benzene rings is 1. The molecule has 1 aliphatic carbocycles. The van der Waals surface area contributed by atoms with Gasteiger partial charge in [-0.2, -0.15) is 4.98 Å². The van der Waals surface area contributed by atoms with E-state index in [-0.39, 0.29) is 30.6 Å². The van der Waals surface area contributed by atoms with E-state index in [1.165, 1.54) is 11.1 Å².